The standard InChI is InChI=1S/C32H34Cl2N2O3/c1-3-32(25-16-18-35-21-25)28(23-14-15-26(33)27(34)20-23)31(30(38)39-2,24-12-8-5-9-13-24)17-19-36(32)29(37)22-10-6-4-7-11-22/h4-15,20,25,28,35H,3,16-19,21H2,1-2H3. The Bertz CT molecular complexity index is 1330. The fourth-order valence-corrected chi connectivity index (χ4v) is 7.61. The van der Waals surface area contributed by atoms with Gasteiger partial charge in [0, 0.05) is 24.6 Å². The van der Waals surface area contributed by atoms with E-state index in [9.17, 15) is 9.59 Å². The van der Waals surface area contributed by atoms with Gasteiger partial charge in [0.2, 0.25) is 0 Å². The van der Waals surface area contributed by atoms with Gasteiger partial charge in [-0.2, -0.15) is 0 Å². The van der Waals surface area contributed by atoms with Gasteiger partial charge in [-0.15, -0.1) is 0 Å². The summed E-state index contributed by atoms with van der Waals surface area (Å²) in [5.41, 5.74) is 0.635. The number of hydrogen-bond acceptors (Lipinski definition) is 4. The van der Waals surface area contributed by atoms with Crippen LogP contribution >= 0.6 is 23.2 Å². The van der Waals surface area contributed by atoms with Crippen LogP contribution < -0.4 is 5.32 Å². The molecule has 2 aliphatic heterocycles. The summed E-state index contributed by atoms with van der Waals surface area (Å²) in [5, 5.41) is 4.39. The van der Waals surface area contributed by atoms with Crippen molar-refractivity contribution < 1.29 is 14.3 Å². The van der Waals surface area contributed by atoms with Gasteiger partial charge in [0.1, 0.15) is 5.41 Å². The van der Waals surface area contributed by atoms with Gasteiger partial charge in [-0.05, 0) is 67.1 Å². The minimum atomic E-state index is -1.04. The van der Waals surface area contributed by atoms with Crippen LogP contribution in [0.25, 0.3) is 0 Å². The molecule has 0 aromatic heterocycles. The maximum Gasteiger partial charge on any atom is 0.317 e. The molecule has 0 radical (unpaired) electrons. The van der Waals surface area contributed by atoms with E-state index < -0.39 is 16.9 Å². The molecule has 0 spiro atoms. The van der Waals surface area contributed by atoms with Gasteiger partial charge in [-0.1, -0.05) is 84.7 Å². The topological polar surface area (TPSA) is 58.6 Å². The van der Waals surface area contributed by atoms with Crippen LogP contribution in [0.15, 0.2) is 78.9 Å². The number of halogens is 2. The summed E-state index contributed by atoms with van der Waals surface area (Å²) in [4.78, 5) is 30.6. The minimum Gasteiger partial charge on any atom is -0.468 e. The van der Waals surface area contributed by atoms with E-state index in [1.807, 2.05) is 72.8 Å². The fraction of sp³-hybridized carbons (Fsp3) is 0.375. The van der Waals surface area contributed by atoms with Crippen molar-refractivity contribution >= 4 is 35.1 Å². The van der Waals surface area contributed by atoms with E-state index in [4.69, 9.17) is 27.9 Å². The van der Waals surface area contributed by atoms with Crippen molar-refractivity contribution in [3.63, 3.8) is 0 Å². The summed E-state index contributed by atoms with van der Waals surface area (Å²) >= 11 is 13.0. The number of methoxy groups -OCH3 is 1. The number of carbonyl (C=O) groups excluding carboxylic acids is 2. The summed E-state index contributed by atoms with van der Waals surface area (Å²) in [6.45, 7) is 4.15. The van der Waals surface area contributed by atoms with Crippen LogP contribution in [0.3, 0.4) is 0 Å². The van der Waals surface area contributed by atoms with Crippen molar-refractivity contribution in [1.82, 2.24) is 10.2 Å². The molecular weight excluding hydrogens is 531 g/mol. The Balaban J connectivity index is 1.84. The van der Waals surface area contributed by atoms with E-state index in [-0.39, 0.29) is 17.8 Å². The lowest BCUT2D eigenvalue weighted by Crippen LogP contribution is -2.69. The Morgan fingerprint density at radius 3 is 2.28 bits per heavy atom. The van der Waals surface area contributed by atoms with Crippen molar-refractivity contribution in [1.29, 1.82) is 0 Å². The SMILES string of the molecule is CCC1(C2CCNC2)C(c2ccc(Cl)c(Cl)c2)C(C(=O)OC)(c2ccccc2)CCN1C(=O)c1ccccc1. The smallest absolute Gasteiger partial charge is 0.317 e. The minimum absolute atomic E-state index is 0.0269. The second kappa shape index (κ2) is 11.3. The van der Waals surface area contributed by atoms with Gasteiger partial charge in [0.15, 0.2) is 0 Å². The van der Waals surface area contributed by atoms with Crippen LogP contribution in [-0.2, 0) is 14.9 Å². The Kier molecular flexibility index (Phi) is 8.04. The molecule has 0 saturated carbocycles. The van der Waals surface area contributed by atoms with E-state index in [1.54, 1.807) is 6.07 Å². The highest BCUT2D eigenvalue weighted by molar-refractivity contribution is 6.42. The molecule has 0 bridgehead atoms. The highest BCUT2D eigenvalue weighted by Gasteiger charge is 2.65. The molecule has 204 valence electrons. The van der Waals surface area contributed by atoms with Crippen LogP contribution in [-0.4, -0.2) is 49.1 Å². The average Bonchev–Trinajstić information content (AvgIpc) is 3.53. The largest absolute Gasteiger partial charge is 0.468 e. The van der Waals surface area contributed by atoms with Gasteiger partial charge in [0.25, 0.3) is 5.91 Å². The van der Waals surface area contributed by atoms with Crippen LogP contribution in [0.4, 0.5) is 0 Å². The zero-order chi connectivity index (χ0) is 27.6. The first-order chi connectivity index (χ1) is 18.9. The van der Waals surface area contributed by atoms with E-state index in [0.29, 0.717) is 35.0 Å². The summed E-state index contributed by atoms with van der Waals surface area (Å²) in [5.74, 6) is -0.671. The maximum atomic E-state index is 14.4. The number of benzene rings is 3. The zero-order valence-electron chi connectivity index (χ0n) is 22.3. The normalized spacial score (nSPS) is 26.8. The highest BCUT2D eigenvalue weighted by atomic mass is 35.5. The molecule has 1 amide bonds. The molecule has 7 heteroatoms. The first kappa shape index (κ1) is 27.7. The third-order valence-corrected chi connectivity index (χ3v) is 9.68. The lowest BCUT2D eigenvalue weighted by Gasteiger charge is -2.61. The molecule has 0 aliphatic carbocycles. The fourth-order valence-electron chi connectivity index (χ4n) is 7.30. The van der Waals surface area contributed by atoms with Crippen LogP contribution in [0.5, 0.6) is 0 Å². The summed E-state index contributed by atoms with van der Waals surface area (Å²) in [6.07, 6.45) is 1.94. The Hall–Kier alpha value is -2.86. The number of likely N-dealkylation sites (tertiary alicyclic amines) is 1. The second-order valence-electron chi connectivity index (χ2n) is 10.5. The number of esters is 1. The van der Waals surface area contributed by atoms with Crippen molar-refractivity contribution in [2.75, 3.05) is 26.7 Å². The molecule has 4 unspecified atom stereocenters. The quantitative estimate of drug-likeness (QED) is 0.347. The van der Waals surface area contributed by atoms with Crippen LogP contribution in [0, 0.1) is 5.92 Å². The number of hydrogen-bond donors (Lipinski definition) is 1. The highest BCUT2D eigenvalue weighted by Crippen LogP contribution is 2.59. The molecule has 3 aromatic rings. The van der Waals surface area contributed by atoms with Crippen molar-refractivity contribution in [3.8, 4) is 0 Å². The lowest BCUT2D eigenvalue weighted by molar-refractivity contribution is -0.156. The van der Waals surface area contributed by atoms with E-state index in [0.717, 1.165) is 30.6 Å². The number of carbonyl (C=O) groups is 2. The number of amides is 1. The Morgan fingerprint density at radius 1 is 1.00 bits per heavy atom. The molecule has 5 rings (SSSR count). The van der Waals surface area contributed by atoms with E-state index in [2.05, 4.69) is 17.1 Å². The first-order valence-corrected chi connectivity index (χ1v) is 14.3. The molecular formula is C32H34Cl2N2O3. The lowest BCUT2D eigenvalue weighted by atomic mass is 9.51. The third kappa shape index (κ3) is 4.55. The molecule has 5 nitrogen and oxygen atoms in total. The van der Waals surface area contributed by atoms with Gasteiger partial charge < -0.3 is 15.0 Å². The number of rotatable bonds is 6. The summed E-state index contributed by atoms with van der Waals surface area (Å²) < 4.78 is 5.62. The van der Waals surface area contributed by atoms with Crippen LogP contribution in [0.1, 0.15) is 53.6 Å². The van der Waals surface area contributed by atoms with Gasteiger partial charge in [0.05, 0.1) is 22.7 Å². The molecule has 2 aliphatic rings. The number of piperidine rings is 1. The molecule has 2 fully saturated rings. The van der Waals surface area contributed by atoms with E-state index in [1.165, 1.54) is 7.11 Å². The van der Waals surface area contributed by atoms with Gasteiger partial charge >= 0.3 is 5.97 Å². The predicted octanol–water partition coefficient (Wildman–Crippen LogP) is 6.49. The number of nitrogens with zero attached hydrogens (tertiary/aromatic N) is 1. The van der Waals surface area contributed by atoms with Crippen molar-refractivity contribution in [3.05, 3.63) is 106 Å². The zero-order valence-corrected chi connectivity index (χ0v) is 23.8. The van der Waals surface area contributed by atoms with E-state index >= 15 is 0 Å². The molecule has 4 atom stereocenters. The Morgan fingerprint density at radius 2 is 1.69 bits per heavy atom. The first-order valence-electron chi connectivity index (χ1n) is 13.6. The number of ether oxygens (including phenoxy) is 1. The maximum absolute atomic E-state index is 14.4. The van der Waals surface area contributed by atoms with Crippen LogP contribution in [0.2, 0.25) is 10.0 Å². The molecule has 2 heterocycles. The Labute approximate surface area is 240 Å². The average molecular weight is 566 g/mol. The second-order valence-corrected chi connectivity index (χ2v) is 11.4. The third-order valence-electron chi connectivity index (χ3n) is 8.94. The predicted molar refractivity (Wildman–Crippen MR) is 155 cm³/mol. The summed E-state index contributed by atoms with van der Waals surface area (Å²) in [6, 6.07) is 24.9. The van der Waals surface area contributed by atoms with Gasteiger partial charge in [-0.3, -0.25) is 9.59 Å². The van der Waals surface area contributed by atoms with Crippen molar-refractivity contribution in [2.45, 2.75) is 43.1 Å². The molecule has 1 N–H and O–H groups in total. The molecule has 3 aromatic carbocycles. The molecule has 39 heavy (non-hydrogen) atoms. The monoisotopic (exact) mass is 564 g/mol. The van der Waals surface area contributed by atoms with Crippen molar-refractivity contribution in [2.24, 2.45) is 5.92 Å². The number of nitrogens with one attached hydrogen (secondary N) is 1. The summed E-state index contributed by atoms with van der Waals surface area (Å²) in [7, 11) is 1.45. The van der Waals surface area contributed by atoms with Gasteiger partial charge in [-0.25, -0.2) is 0 Å². The molecule has 2 saturated heterocycles.